The van der Waals surface area contributed by atoms with Crippen molar-refractivity contribution in [2.45, 2.75) is 44.1 Å². The molecule has 1 amide bonds. The second-order valence-corrected chi connectivity index (χ2v) is 4.90. The number of hydrogen-bond acceptors (Lipinski definition) is 7. The van der Waals surface area contributed by atoms with E-state index in [4.69, 9.17) is 20.7 Å². The third-order valence-corrected chi connectivity index (χ3v) is 3.24. The molecule has 0 aromatic rings. The van der Waals surface area contributed by atoms with E-state index in [0.717, 1.165) is 0 Å². The number of carboxylic acid groups (broad SMARTS) is 1. The highest BCUT2D eigenvalue weighted by molar-refractivity contribution is 5.80. The SMILES string of the molecule is CC(=O)OC1CCN[C@@H]1C(=O)O.NC(=O)[C@H]1NCCC1O. The van der Waals surface area contributed by atoms with E-state index in [-0.39, 0.29) is 0 Å². The molecule has 2 rings (SSSR count). The van der Waals surface area contributed by atoms with Crippen LogP contribution >= 0.6 is 0 Å². The molecule has 2 heterocycles. The number of aliphatic carboxylic acids is 1. The van der Waals surface area contributed by atoms with Crippen LogP contribution in [0.25, 0.3) is 0 Å². The fraction of sp³-hybridized carbons (Fsp3) is 0.750. The Balaban J connectivity index is 0.000000219. The number of aliphatic hydroxyl groups is 1. The summed E-state index contributed by atoms with van der Waals surface area (Å²) in [5, 5.41) is 23.2. The quantitative estimate of drug-likeness (QED) is 0.361. The minimum Gasteiger partial charge on any atom is -0.480 e. The molecule has 0 aromatic heterocycles. The summed E-state index contributed by atoms with van der Waals surface area (Å²) in [6, 6.07) is -1.26. The summed E-state index contributed by atoms with van der Waals surface area (Å²) in [4.78, 5) is 31.5. The van der Waals surface area contributed by atoms with Crippen molar-refractivity contribution in [3.05, 3.63) is 0 Å². The van der Waals surface area contributed by atoms with Gasteiger partial charge in [-0.1, -0.05) is 0 Å². The maximum Gasteiger partial charge on any atom is 0.324 e. The zero-order valence-electron chi connectivity index (χ0n) is 11.7. The molecule has 0 aliphatic carbocycles. The third kappa shape index (κ3) is 5.29. The molecule has 2 saturated heterocycles. The zero-order chi connectivity index (χ0) is 16.0. The first kappa shape index (κ1) is 17.3. The number of rotatable bonds is 3. The maximum absolute atomic E-state index is 10.5. The lowest BCUT2D eigenvalue weighted by molar-refractivity contribution is -0.151. The van der Waals surface area contributed by atoms with Crippen LogP contribution in [0.15, 0.2) is 0 Å². The van der Waals surface area contributed by atoms with E-state index in [1.54, 1.807) is 0 Å². The molecule has 0 saturated carbocycles. The number of ether oxygens (including phenoxy) is 1. The average molecular weight is 303 g/mol. The maximum atomic E-state index is 10.5. The number of carboxylic acids is 1. The van der Waals surface area contributed by atoms with Gasteiger partial charge < -0.3 is 31.3 Å². The number of nitrogens with one attached hydrogen (secondary N) is 2. The van der Waals surface area contributed by atoms with Gasteiger partial charge in [0.1, 0.15) is 18.2 Å². The fourth-order valence-electron chi connectivity index (χ4n) is 2.25. The largest absolute Gasteiger partial charge is 0.480 e. The van der Waals surface area contributed by atoms with E-state index in [0.29, 0.717) is 25.9 Å². The van der Waals surface area contributed by atoms with Gasteiger partial charge in [0, 0.05) is 6.92 Å². The van der Waals surface area contributed by atoms with Gasteiger partial charge in [-0.05, 0) is 25.9 Å². The highest BCUT2D eigenvalue weighted by Crippen LogP contribution is 2.11. The van der Waals surface area contributed by atoms with Crippen LogP contribution in [0.5, 0.6) is 0 Å². The number of hydrogen-bond donors (Lipinski definition) is 5. The Hall–Kier alpha value is -1.71. The molecule has 120 valence electrons. The normalized spacial score (nSPS) is 31.1. The van der Waals surface area contributed by atoms with E-state index in [2.05, 4.69) is 10.6 Å². The molecule has 2 aliphatic heterocycles. The van der Waals surface area contributed by atoms with Gasteiger partial charge in [0.05, 0.1) is 6.10 Å². The molecule has 21 heavy (non-hydrogen) atoms. The van der Waals surface area contributed by atoms with Gasteiger partial charge in [-0.3, -0.25) is 14.4 Å². The molecule has 2 unspecified atom stereocenters. The number of amides is 1. The Morgan fingerprint density at radius 3 is 2.10 bits per heavy atom. The highest BCUT2D eigenvalue weighted by Gasteiger charge is 2.34. The second kappa shape index (κ2) is 7.91. The predicted octanol–water partition coefficient (Wildman–Crippen LogP) is -2.44. The van der Waals surface area contributed by atoms with E-state index >= 15 is 0 Å². The summed E-state index contributed by atoms with van der Waals surface area (Å²) in [7, 11) is 0. The molecular weight excluding hydrogens is 282 g/mol. The molecule has 9 heteroatoms. The number of esters is 1. The van der Waals surface area contributed by atoms with Gasteiger partial charge in [0.2, 0.25) is 5.91 Å². The summed E-state index contributed by atoms with van der Waals surface area (Å²) < 4.78 is 4.80. The number of aliphatic hydroxyl groups excluding tert-OH is 1. The van der Waals surface area contributed by atoms with E-state index in [1.165, 1.54) is 6.92 Å². The minimum absolute atomic E-state index is 0.435. The number of carbonyl (C=O) groups is 3. The van der Waals surface area contributed by atoms with Crippen molar-refractivity contribution in [1.82, 2.24) is 10.6 Å². The van der Waals surface area contributed by atoms with E-state index in [1.807, 2.05) is 0 Å². The van der Waals surface area contributed by atoms with Gasteiger partial charge in [-0.2, -0.15) is 0 Å². The van der Waals surface area contributed by atoms with Crippen molar-refractivity contribution in [2.24, 2.45) is 5.73 Å². The van der Waals surface area contributed by atoms with Gasteiger partial charge in [0.25, 0.3) is 0 Å². The van der Waals surface area contributed by atoms with Crippen molar-refractivity contribution in [3.8, 4) is 0 Å². The number of nitrogens with two attached hydrogens (primary N) is 1. The molecule has 2 aliphatic rings. The van der Waals surface area contributed by atoms with Crippen molar-refractivity contribution in [3.63, 3.8) is 0 Å². The summed E-state index contributed by atoms with van der Waals surface area (Å²) in [5.74, 6) is -1.88. The lowest BCUT2D eigenvalue weighted by Crippen LogP contribution is -2.42. The van der Waals surface area contributed by atoms with Crippen LogP contribution in [0.3, 0.4) is 0 Å². The second-order valence-electron chi connectivity index (χ2n) is 4.90. The zero-order valence-corrected chi connectivity index (χ0v) is 11.7. The molecule has 0 radical (unpaired) electrons. The summed E-state index contributed by atoms with van der Waals surface area (Å²) in [5.41, 5.74) is 4.93. The minimum atomic E-state index is -0.973. The Morgan fingerprint density at radius 1 is 1.14 bits per heavy atom. The van der Waals surface area contributed by atoms with Crippen LogP contribution in [0.1, 0.15) is 19.8 Å². The summed E-state index contributed by atoms with van der Waals surface area (Å²) in [6.07, 6.45) is 0.0898. The standard InChI is InChI=1S/C7H11NO4.C5H10N2O2/c1-4(9)12-5-2-3-8-6(5)7(10)11;6-5(9)4-3(8)1-2-7-4/h5-6,8H,2-3H2,1H3,(H,10,11);3-4,7-8H,1-2H2,(H2,6,9)/t5?,6-;3?,4-/m00/s1. The molecule has 0 bridgehead atoms. The van der Waals surface area contributed by atoms with Crippen LogP contribution in [0.4, 0.5) is 0 Å². The van der Waals surface area contributed by atoms with E-state index in [9.17, 15) is 14.4 Å². The summed E-state index contributed by atoms with van der Waals surface area (Å²) in [6.45, 7) is 2.53. The molecule has 6 N–H and O–H groups in total. The fourth-order valence-corrected chi connectivity index (χ4v) is 2.25. The number of carbonyl (C=O) groups excluding carboxylic acids is 2. The van der Waals surface area contributed by atoms with Crippen LogP contribution in [0.2, 0.25) is 0 Å². The monoisotopic (exact) mass is 303 g/mol. The van der Waals surface area contributed by atoms with Gasteiger partial charge in [0.15, 0.2) is 0 Å². The van der Waals surface area contributed by atoms with Crippen molar-refractivity contribution >= 4 is 17.8 Å². The third-order valence-electron chi connectivity index (χ3n) is 3.24. The molecule has 0 aromatic carbocycles. The van der Waals surface area contributed by atoms with Gasteiger partial charge >= 0.3 is 11.9 Å². The average Bonchev–Trinajstić information content (AvgIpc) is 2.97. The molecule has 0 spiro atoms. The lowest BCUT2D eigenvalue weighted by Gasteiger charge is -2.14. The van der Waals surface area contributed by atoms with Gasteiger partial charge in [-0.25, -0.2) is 0 Å². The van der Waals surface area contributed by atoms with Crippen LogP contribution in [0, 0.1) is 0 Å². The van der Waals surface area contributed by atoms with Gasteiger partial charge in [-0.15, -0.1) is 0 Å². The highest BCUT2D eigenvalue weighted by atomic mass is 16.5. The first-order valence-electron chi connectivity index (χ1n) is 6.67. The number of primary amides is 1. The predicted molar refractivity (Wildman–Crippen MR) is 71.2 cm³/mol. The Labute approximate surface area is 121 Å². The lowest BCUT2D eigenvalue weighted by atomic mass is 10.2. The van der Waals surface area contributed by atoms with Crippen LogP contribution in [-0.2, 0) is 19.1 Å². The Kier molecular flexibility index (Phi) is 6.53. The molecule has 4 atom stereocenters. The topological polar surface area (TPSA) is 151 Å². The van der Waals surface area contributed by atoms with Crippen LogP contribution in [-0.4, -0.2) is 65.4 Å². The molecule has 9 nitrogen and oxygen atoms in total. The Morgan fingerprint density at radius 2 is 1.71 bits per heavy atom. The first-order chi connectivity index (χ1) is 9.82. The van der Waals surface area contributed by atoms with E-state index < -0.39 is 42.1 Å². The summed E-state index contributed by atoms with van der Waals surface area (Å²) >= 11 is 0. The Bertz CT molecular complexity index is 402. The first-order valence-corrected chi connectivity index (χ1v) is 6.67. The van der Waals surface area contributed by atoms with Crippen molar-refractivity contribution in [2.75, 3.05) is 13.1 Å². The van der Waals surface area contributed by atoms with Crippen molar-refractivity contribution in [1.29, 1.82) is 0 Å². The van der Waals surface area contributed by atoms with Crippen molar-refractivity contribution < 1.29 is 29.3 Å². The molecule has 2 fully saturated rings. The smallest absolute Gasteiger partial charge is 0.324 e. The van der Waals surface area contributed by atoms with Crippen LogP contribution < -0.4 is 16.4 Å². The molecular formula is C12H21N3O6.